The molecule has 6 nitrogen and oxygen atoms in total. The Morgan fingerprint density at radius 2 is 1.91 bits per heavy atom. The number of para-hydroxylation sites is 1. The van der Waals surface area contributed by atoms with Crippen LogP contribution in [0.1, 0.15) is 5.76 Å². The molecule has 2 aromatic rings. The number of nitrogens with one attached hydrogen (secondary N) is 3. The van der Waals surface area contributed by atoms with Gasteiger partial charge >= 0.3 is 6.03 Å². The zero-order chi connectivity index (χ0) is 16.1. The van der Waals surface area contributed by atoms with E-state index < -0.39 is 6.03 Å². The molecule has 23 heavy (non-hydrogen) atoms. The number of carbonyl (C=O) groups excluding carboxylic acids is 1. The maximum absolute atomic E-state index is 11.5. The zero-order valence-corrected chi connectivity index (χ0v) is 14.4. The summed E-state index contributed by atoms with van der Waals surface area (Å²) >= 11 is 12.4. The largest absolute Gasteiger partial charge is 0.467 e. The molecule has 0 bridgehead atoms. The van der Waals surface area contributed by atoms with Crippen molar-refractivity contribution in [3.8, 4) is 0 Å². The summed E-state index contributed by atoms with van der Waals surface area (Å²) in [6.07, 6.45) is 1.53. The van der Waals surface area contributed by atoms with Gasteiger partial charge in [-0.3, -0.25) is 10.7 Å². The lowest BCUT2D eigenvalue weighted by atomic mass is 10.2. The van der Waals surface area contributed by atoms with E-state index in [9.17, 15) is 4.79 Å². The molecule has 0 aliphatic carbocycles. The first kappa shape index (κ1) is 19.2. The van der Waals surface area contributed by atoms with Crippen LogP contribution in [0, 0.1) is 5.41 Å². The molecule has 2 amide bonds. The SMILES string of the molecule is CNC(=O)NC(=N)N(Cc1ccco1)c1c(Cl)cccc1Cl.Cl. The van der Waals surface area contributed by atoms with E-state index in [1.54, 1.807) is 30.3 Å². The van der Waals surface area contributed by atoms with Crippen LogP contribution in [0.25, 0.3) is 0 Å². The number of anilines is 1. The molecule has 1 aromatic carbocycles. The average molecular weight is 378 g/mol. The summed E-state index contributed by atoms with van der Waals surface area (Å²) < 4.78 is 5.29. The van der Waals surface area contributed by atoms with Crippen LogP contribution in [-0.4, -0.2) is 19.0 Å². The Morgan fingerprint density at radius 1 is 1.26 bits per heavy atom. The van der Waals surface area contributed by atoms with Gasteiger partial charge in [-0.05, 0) is 24.3 Å². The number of benzene rings is 1. The smallest absolute Gasteiger partial charge is 0.321 e. The third-order valence-corrected chi connectivity index (χ3v) is 3.44. The van der Waals surface area contributed by atoms with Crippen LogP contribution in [0.2, 0.25) is 10.0 Å². The van der Waals surface area contributed by atoms with Crippen molar-refractivity contribution in [3.05, 3.63) is 52.4 Å². The molecule has 0 unspecified atom stereocenters. The molecule has 1 aromatic heterocycles. The van der Waals surface area contributed by atoms with Crippen molar-refractivity contribution in [3.63, 3.8) is 0 Å². The number of furan rings is 1. The fourth-order valence-corrected chi connectivity index (χ4v) is 2.41. The third-order valence-electron chi connectivity index (χ3n) is 2.83. The number of urea groups is 1. The second-order valence-corrected chi connectivity index (χ2v) is 5.10. The quantitative estimate of drug-likeness (QED) is 0.561. The van der Waals surface area contributed by atoms with Crippen LogP contribution < -0.4 is 15.5 Å². The van der Waals surface area contributed by atoms with Gasteiger partial charge < -0.3 is 14.6 Å². The number of halogens is 3. The molecular formula is C14H15Cl3N4O2. The Hall–Kier alpha value is -1.89. The molecule has 0 saturated carbocycles. The lowest BCUT2D eigenvalue weighted by molar-refractivity contribution is 0.247. The highest BCUT2D eigenvalue weighted by Gasteiger charge is 2.21. The van der Waals surface area contributed by atoms with Gasteiger partial charge in [0.2, 0.25) is 5.96 Å². The van der Waals surface area contributed by atoms with Crippen molar-refractivity contribution in [2.75, 3.05) is 11.9 Å². The monoisotopic (exact) mass is 376 g/mol. The molecule has 0 aliphatic rings. The van der Waals surface area contributed by atoms with Gasteiger partial charge in [-0.1, -0.05) is 29.3 Å². The lowest BCUT2D eigenvalue weighted by Gasteiger charge is -2.26. The van der Waals surface area contributed by atoms with Crippen LogP contribution in [0.15, 0.2) is 41.0 Å². The van der Waals surface area contributed by atoms with Crippen LogP contribution in [0.4, 0.5) is 10.5 Å². The predicted molar refractivity (Wildman–Crippen MR) is 93.9 cm³/mol. The Morgan fingerprint density at radius 3 is 2.43 bits per heavy atom. The number of hydrogen-bond donors (Lipinski definition) is 3. The second kappa shape index (κ2) is 8.67. The normalized spacial score (nSPS) is 9.70. The Kier molecular flexibility index (Phi) is 7.22. The van der Waals surface area contributed by atoms with Crippen LogP contribution in [-0.2, 0) is 6.54 Å². The Bertz CT molecular complexity index is 656. The van der Waals surface area contributed by atoms with Gasteiger partial charge in [-0.2, -0.15) is 0 Å². The van der Waals surface area contributed by atoms with Crippen LogP contribution in [0.5, 0.6) is 0 Å². The molecule has 1 heterocycles. The molecule has 0 atom stereocenters. The van der Waals surface area contributed by atoms with Crippen molar-refractivity contribution in [1.82, 2.24) is 10.6 Å². The van der Waals surface area contributed by atoms with Gasteiger partial charge in [-0.15, -0.1) is 12.4 Å². The van der Waals surface area contributed by atoms with Gasteiger partial charge in [0.05, 0.1) is 28.5 Å². The number of hydrogen-bond acceptors (Lipinski definition) is 3. The highest BCUT2D eigenvalue weighted by molar-refractivity contribution is 6.40. The topological polar surface area (TPSA) is 81.4 Å². The van der Waals surface area contributed by atoms with E-state index in [2.05, 4.69) is 10.6 Å². The van der Waals surface area contributed by atoms with E-state index in [1.165, 1.54) is 18.2 Å². The molecule has 0 aliphatic heterocycles. The van der Waals surface area contributed by atoms with E-state index in [0.29, 0.717) is 21.5 Å². The molecular weight excluding hydrogens is 363 g/mol. The minimum Gasteiger partial charge on any atom is -0.467 e. The number of amides is 2. The number of nitrogens with zero attached hydrogens (tertiary/aromatic N) is 1. The van der Waals surface area contributed by atoms with Crippen molar-refractivity contribution in [2.24, 2.45) is 0 Å². The summed E-state index contributed by atoms with van der Waals surface area (Å²) in [5.74, 6) is 0.421. The Labute approximate surface area is 149 Å². The fourth-order valence-electron chi connectivity index (χ4n) is 1.81. The van der Waals surface area contributed by atoms with E-state index >= 15 is 0 Å². The molecule has 3 N–H and O–H groups in total. The first-order chi connectivity index (χ1) is 10.5. The lowest BCUT2D eigenvalue weighted by Crippen LogP contribution is -2.46. The molecule has 9 heteroatoms. The first-order valence-electron chi connectivity index (χ1n) is 6.34. The summed E-state index contributed by atoms with van der Waals surface area (Å²) in [5, 5.41) is 13.6. The van der Waals surface area contributed by atoms with Crippen molar-refractivity contribution >= 4 is 53.3 Å². The third kappa shape index (κ3) is 4.79. The highest BCUT2D eigenvalue weighted by Crippen LogP contribution is 2.34. The molecule has 124 valence electrons. The van der Waals surface area contributed by atoms with E-state index in [0.717, 1.165) is 0 Å². The van der Waals surface area contributed by atoms with Gasteiger partial charge in [0.1, 0.15) is 5.76 Å². The van der Waals surface area contributed by atoms with Gasteiger partial charge in [0.15, 0.2) is 0 Å². The second-order valence-electron chi connectivity index (χ2n) is 4.29. The number of rotatable bonds is 3. The highest BCUT2D eigenvalue weighted by atomic mass is 35.5. The van der Waals surface area contributed by atoms with Gasteiger partial charge in [0, 0.05) is 7.05 Å². The summed E-state index contributed by atoms with van der Waals surface area (Å²) in [6.45, 7) is 0.194. The minimum absolute atomic E-state index is 0. The molecule has 0 radical (unpaired) electrons. The summed E-state index contributed by atoms with van der Waals surface area (Å²) in [7, 11) is 1.46. The van der Waals surface area contributed by atoms with Crippen LogP contribution in [0.3, 0.4) is 0 Å². The minimum atomic E-state index is -0.516. The standard InChI is InChI=1S/C14H14Cl2N4O2.ClH/c1-18-14(21)19-13(17)20(8-9-4-3-7-22-9)12-10(15)5-2-6-11(12)16;/h2-7H,8H2,1H3,(H3,17,18,19,21);1H. The van der Waals surface area contributed by atoms with Gasteiger partial charge in [0.25, 0.3) is 0 Å². The maximum Gasteiger partial charge on any atom is 0.321 e. The predicted octanol–water partition coefficient (Wildman–Crippen LogP) is 3.88. The van der Waals surface area contributed by atoms with E-state index in [-0.39, 0.29) is 24.9 Å². The first-order valence-corrected chi connectivity index (χ1v) is 7.09. The van der Waals surface area contributed by atoms with Gasteiger partial charge in [-0.25, -0.2) is 4.79 Å². The summed E-state index contributed by atoms with van der Waals surface area (Å²) in [4.78, 5) is 12.9. The molecule has 0 saturated heterocycles. The molecule has 0 spiro atoms. The maximum atomic E-state index is 11.5. The number of carbonyl (C=O) groups is 1. The van der Waals surface area contributed by atoms with Crippen molar-refractivity contribution < 1.29 is 9.21 Å². The van der Waals surface area contributed by atoms with Crippen LogP contribution >= 0.6 is 35.6 Å². The zero-order valence-electron chi connectivity index (χ0n) is 12.1. The Balaban J connectivity index is 0.00000264. The fraction of sp³-hybridized carbons (Fsp3) is 0.143. The number of guanidine groups is 1. The summed E-state index contributed by atoms with van der Waals surface area (Å²) in [5.41, 5.74) is 0.420. The van der Waals surface area contributed by atoms with Crippen molar-refractivity contribution in [1.29, 1.82) is 5.41 Å². The van der Waals surface area contributed by atoms with Crippen molar-refractivity contribution in [2.45, 2.75) is 6.54 Å². The summed E-state index contributed by atoms with van der Waals surface area (Å²) in [6, 6.07) is 7.99. The van der Waals surface area contributed by atoms with E-state index in [4.69, 9.17) is 33.0 Å². The molecule has 2 rings (SSSR count). The molecule has 0 fully saturated rings. The average Bonchev–Trinajstić information content (AvgIpc) is 2.98. The van der Waals surface area contributed by atoms with E-state index in [1.807, 2.05) is 0 Å².